The number of sulfonamides is 1. The highest BCUT2D eigenvalue weighted by Gasteiger charge is 2.18. The van der Waals surface area contributed by atoms with Crippen molar-refractivity contribution in [3.8, 4) is 0 Å². The first kappa shape index (κ1) is 12.9. The fourth-order valence-electron chi connectivity index (χ4n) is 1.90. The Balaban J connectivity index is 1.85. The fraction of sp³-hybridized carbons (Fsp3) is 0.700. The van der Waals surface area contributed by atoms with Crippen LogP contribution in [0.1, 0.15) is 17.8 Å². The second kappa shape index (κ2) is 5.43. The number of aromatic nitrogens is 1. The molecule has 0 saturated carbocycles. The molecule has 1 saturated heterocycles. The van der Waals surface area contributed by atoms with E-state index in [1.54, 1.807) is 6.92 Å². The number of hydrogen-bond acceptors (Lipinski definition) is 5. The summed E-state index contributed by atoms with van der Waals surface area (Å²) in [6, 6.07) is 0. The number of aryl methyl sites for hydroxylation is 1. The van der Waals surface area contributed by atoms with Gasteiger partial charge in [0.25, 0.3) is 10.0 Å². The standard InChI is InChI=1S/C10H17N3O2S2/c1-8-12-7-10(16-8)17(14,15)13-5-3-9-2-4-11-6-9/h7,9,11,13H,2-6H2,1H3. The topological polar surface area (TPSA) is 71.1 Å². The molecule has 1 atom stereocenters. The Morgan fingerprint density at radius 2 is 2.47 bits per heavy atom. The van der Waals surface area contributed by atoms with Crippen molar-refractivity contribution in [2.45, 2.75) is 24.0 Å². The van der Waals surface area contributed by atoms with Crippen molar-refractivity contribution in [2.75, 3.05) is 19.6 Å². The molecular weight excluding hydrogens is 258 g/mol. The fourth-order valence-corrected chi connectivity index (χ4v) is 4.10. The highest BCUT2D eigenvalue weighted by atomic mass is 32.2. The summed E-state index contributed by atoms with van der Waals surface area (Å²) in [4.78, 5) is 3.96. The minimum absolute atomic E-state index is 0.305. The first-order valence-corrected chi connectivity index (χ1v) is 8.01. The summed E-state index contributed by atoms with van der Waals surface area (Å²) in [6.45, 7) is 4.35. The second-order valence-corrected chi connectivity index (χ2v) is 7.47. The van der Waals surface area contributed by atoms with Crippen LogP contribution in [-0.4, -0.2) is 33.0 Å². The van der Waals surface area contributed by atoms with Crippen molar-refractivity contribution < 1.29 is 8.42 Å². The largest absolute Gasteiger partial charge is 0.316 e. The van der Waals surface area contributed by atoms with E-state index in [4.69, 9.17) is 0 Å². The molecule has 0 amide bonds. The number of nitrogens with one attached hydrogen (secondary N) is 2. The van der Waals surface area contributed by atoms with E-state index in [0.717, 1.165) is 30.9 Å². The Morgan fingerprint density at radius 3 is 3.06 bits per heavy atom. The Labute approximate surface area is 106 Å². The van der Waals surface area contributed by atoms with Crippen LogP contribution in [0.15, 0.2) is 10.4 Å². The molecule has 1 unspecified atom stereocenters. The van der Waals surface area contributed by atoms with E-state index in [-0.39, 0.29) is 0 Å². The van der Waals surface area contributed by atoms with E-state index >= 15 is 0 Å². The lowest BCUT2D eigenvalue weighted by atomic mass is 10.1. The van der Waals surface area contributed by atoms with Gasteiger partial charge in [-0.3, -0.25) is 0 Å². The van der Waals surface area contributed by atoms with Crippen molar-refractivity contribution in [3.63, 3.8) is 0 Å². The van der Waals surface area contributed by atoms with E-state index < -0.39 is 10.0 Å². The molecule has 1 aliphatic heterocycles. The van der Waals surface area contributed by atoms with E-state index in [0.29, 0.717) is 16.7 Å². The van der Waals surface area contributed by atoms with Gasteiger partial charge in [0.05, 0.1) is 11.2 Å². The second-order valence-electron chi connectivity index (χ2n) is 4.24. The van der Waals surface area contributed by atoms with Gasteiger partial charge in [-0.15, -0.1) is 11.3 Å². The van der Waals surface area contributed by atoms with Crippen LogP contribution in [0.4, 0.5) is 0 Å². The molecule has 0 spiro atoms. The third-order valence-corrected chi connectivity index (χ3v) is 5.71. The number of nitrogens with zero attached hydrogens (tertiary/aromatic N) is 1. The van der Waals surface area contributed by atoms with Crippen molar-refractivity contribution >= 4 is 21.4 Å². The van der Waals surface area contributed by atoms with Crippen LogP contribution in [0, 0.1) is 12.8 Å². The van der Waals surface area contributed by atoms with E-state index in [2.05, 4.69) is 15.0 Å². The van der Waals surface area contributed by atoms with E-state index in [9.17, 15) is 8.42 Å². The molecule has 2 N–H and O–H groups in total. The molecule has 96 valence electrons. The molecule has 0 aliphatic carbocycles. The Bertz CT molecular complexity index is 464. The van der Waals surface area contributed by atoms with Gasteiger partial charge in [0.1, 0.15) is 0 Å². The van der Waals surface area contributed by atoms with Crippen LogP contribution in [-0.2, 0) is 10.0 Å². The predicted molar refractivity (Wildman–Crippen MR) is 67.6 cm³/mol. The third-order valence-electron chi connectivity index (χ3n) is 2.87. The summed E-state index contributed by atoms with van der Waals surface area (Å²) in [5.74, 6) is 0.598. The van der Waals surface area contributed by atoms with Crippen LogP contribution in [0.3, 0.4) is 0 Å². The van der Waals surface area contributed by atoms with Gasteiger partial charge in [-0.05, 0) is 38.8 Å². The zero-order valence-corrected chi connectivity index (χ0v) is 11.4. The summed E-state index contributed by atoms with van der Waals surface area (Å²) < 4.78 is 26.7. The van der Waals surface area contributed by atoms with Crippen molar-refractivity contribution in [2.24, 2.45) is 5.92 Å². The average molecular weight is 275 g/mol. The Morgan fingerprint density at radius 1 is 1.65 bits per heavy atom. The summed E-state index contributed by atoms with van der Waals surface area (Å²) in [5, 5.41) is 4.04. The SMILES string of the molecule is Cc1ncc(S(=O)(=O)NCCC2CCNC2)s1. The van der Waals surface area contributed by atoms with Crippen molar-refractivity contribution in [1.82, 2.24) is 15.0 Å². The van der Waals surface area contributed by atoms with Gasteiger partial charge in [0.2, 0.25) is 0 Å². The van der Waals surface area contributed by atoms with Crippen LogP contribution < -0.4 is 10.0 Å². The van der Waals surface area contributed by atoms with E-state index in [1.807, 2.05) is 0 Å². The molecule has 1 aliphatic rings. The minimum atomic E-state index is -3.35. The van der Waals surface area contributed by atoms with Gasteiger partial charge in [-0.25, -0.2) is 18.1 Å². The van der Waals surface area contributed by atoms with Crippen LogP contribution in [0.2, 0.25) is 0 Å². The summed E-state index contributed by atoms with van der Waals surface area (Å²) >= 11 is 1.20. The molecule has 7 heteroatoms. The van der Waals surface area contributed by atoms with Gasteiger partial charge < -0.3 is 5.32 Å². The number of thiazole rings is 1. The van der Waals surface area contributed by atoms with Crippen LogP contribution in [0.25, 0.3) is 0 Å². The maximum Gasteiger partial charge on any atom is 0.251 e. The number of hydrogen-bond donors (Lipinski definition) is 2. The minimum Gasteiger partial charge on any atom is -0.316 e. The van der Waals surface area contributed by atoms with Gasteiger partial charge in [0.15, 0.2) is 4.21 Å². The molecule has 0 aromatic carbocycles. The third kappa shape index (κ3) is 3.48. The van der Waals surface area contributed by atoms with E-state index in [1.165, 1.54) is 17.5 Å². The lowest BCUT2D eigenvalue weighted by Gasteiger charge is -2.08. The molecule has 17 heavy (non-hydrogen) atoms. The molecule has 1 fully saturated rings. The van der Waals surface area contributed by atoms with Gasteiger partial charge >= 0.3 is 0 Å². The quantitative estimate of drug-likeness (QED) is 0.831. The van der Waals surface area contributed by atoms with Crippen molar-refractivity contribution in [3.05, 3.63) is 11.2 Å². The summed E-state index contributed by atoms with van der Waals surface area (Å²) in [6.07, 6.45) is 3.45. The Kier molecular flexibility index (Phi) is 4.13. The monoisotopic (exact) mass is 275 g/mol. The molecule has 1 aromatic heterocycles. The maximum absolute atomic E-state index is 11.9. The van der Waals surface area contributed by atoms with Gasteiger partial charge in [-0.2, -0.15) is 0 Å². The molecule has 1 aromatic rings. The molecule has 0 bridgehead atoms. The highest BCUT2D eigenvalue weighted by molar-refractivity contribution is 7.91. The smallest absolute Gasteiger partial charge is 0.251 e. The first-order valence-electron chi connectivity index (χ1n) is 5.71. The van der Waals surface area contributed by atoms with Gasteiger partial charge in [-0.1, -0.05) is 0 Å². The molecule has 5 nitrogen and oxygen atoms in total. The number of rotatable bonds is 5. The Hall–Kier alpha value is -0.500. The van der Waals surface area contributed by atoms with Crippen molar-refractivity contribution in [1.29, 1.82) is 0 Å². The normalized spacial score (nSPS) is 20.9. The zero-order chi connectivity index (χ0) is 12.3. The molecular formula is C10H17N3O2S2. The lowest BCUT2D eigenvalue weighted by Crippen LogP contribution is -2.26. The highest BCUT2D eigenvalue weighted by Crippen LogP contribution is 2.18. The zero-order valence-electron chi connectivity index (χ0n) is 9.77. The van der Waals surface area contributed by atoms with Crippen LogP contribution >= 0.6 is 11.3 Å². The molecule has 0 radical (unpaired) electrons. The average Bonchev–Trinajstić information content (AvgIpc) is 2.89. The molecule has 2 heterocycles. The predicted octanol–water partition coefficient (Wildman–Crippen LogP) is 0.729. The van der Waals surface area contributed by atoms with Gasteiger partial charge in [0, 0.05) is 6.54 Å². The van der Waals surface area contributed by atoms with Crippen LogP contribution in [0.5, 0.6) is 0 Å². The molecule has 2 rings (SSSR count). The maximum atomic E-state index is 11.9. The summed E-state index contributed by atoms with van der Waals surface area (Å²) in [7, 11) is -3.35. The summed E-state index contributed by atoms with van der Waals surface area (Å²) in [5.41, 5.74) is 0. The lowest BCUT2D eigenvalue weighted by molar-refractivity contribution is 0.520. The first-order chi connectivity index (χ1) is 8.08.